The number of aliphatic hydroxyl groups is 1. The van der Waals surface area contributed by atoms with Gasteiger partial charge in [-0.3, -0.25) is 9.59 Å². The highest BCUT2D eigenvalue weighted by atomic mass is 16.3. The summed E-state index contributed by atoms with van der Waals surface area (Å²) in [6, 6.07) is 23.6. The van der Waals surface area contributed by atoms with Crippen molar-refractivity contribution in [3.63, 3.8) is 0 Å². The smallest absolute Gasteiger partial charge is 0.255 e. The molecule has 0 aliphatic heterocycles. The molecule has 1 saturated carbocycles. The lowest BCUT2D eigenvalue weighted by molar-refractivity contribution is -0.130. The summed E-state index contributed by atoms with van der Waals surface area (Å²) in [6.07, 6.45) is 4.41. The maximum Gasteiger partial charge on any atom is 0.255 e. The number of nitrogens with zero attached hydrogens (tertiary/aromatic N) is 3. The van der Waals surface area contributed by atoms with Gasteiger partial charge in [0.2, 0.25) is 0 Å². The second-order valence-corrected chi connectivity index (χ2v) is 9.29. The van der Waals surface area contributed by atoms with Crippen LogP contribution >= 0.6 is 0 Å². The molecule has 1 fully saturated rings. The van der Waals surface area contributed by atoms with Crippen LogP contribution in [0.25, 0.3) is 17.1 Å². The first kappa shape index (κ1) is 24.4. The van der Waals surface area contributed by atoms with Crippen LogP contribution in [0.1, 0.15) is 28.8 Å². The molecule has 8 nitrogen and oxygen atoms in total. The van der Waals surface area contributed by atoms with Crippen molar-refractivity contribution in [2.75, 3.05) is 6.54 Å². The fourth-order valence-corrected chi connectivity index (χ4v) is 4.17. The van der Waals surface area contributed by atoms with Crippen LogP contribution < -0.4 is 10.6 Å². The van der Waals surface area contributed by atoms with Gasteiger partial charge in [-0.1, -0.05) is 60.7 Å². The van der Waals surface area contributed by atoms with E-state index in [0.29, 0.717) is 24.7 Å². The predicted octanol–water partition coefficient (Wildman–Crippen LogP) is 3.16. The van der Waals surface area contributed by atoms with Crippen molar-refractivity contribution >= 4 is 11.8 Å². The van der Waals surface area contributed by atoms with E-state index < -0.39 is 24.0 Å². The molecule has 8 heteroatoms. The maximum absolute atomic E-state index is 13.5. The SMILES string of the molecule is O=C(NC(Cc1ccccc1)C(O)C(=O)NCC1CC1)c1cccnc1-n1ccc(-c2ccccc2)n1. The number of aromatic nitrogens is 3. The summed E-state index contributed by atoms with van der Waals surface area (Å²) in [5.41, 5.74) is 2.88. The van der Waals surface area contributed by atoms with Crippen LogP contribution in [0.4, 0.5) is 0 Å². The number of aliphatic hydroxyl groups excluding tert-OH is 1. The molecule has 37 heavy (non-hydrogen) atoms. The number of rotatable bonds is 10. The predicted molar refractivity (Wildman–Crippen MR) is 140 cm³/mol. The molecular formula is C29H29N5O3. The van der Waals surface area contributed by atoms with Gasteiger partial charge in [-0.15, -0.1) is 0 Å². The van der Waals surface area contributed by atoms with Crippen molar-refractivity contribution in [3.05, 3.63) is 102 Å². The number of pyridine rings is 1. The Morgan fingerprint density at radius 2 is 1.70 bits per heavy atom. The second kappa shape index (κ2) is 11.2. The number of benzene rings is 2. The van der Waals surface area contributed by atoms with E-state index in [-0.39, 0.29) is 5.56 Å². The van der Waals surface area contributed by atoms with E-state index in [4.69, 9.17) is 0 Å². The van der Waals surface area contributed by atoms with E-state index in [1.165, 1.54) is 0 Å². The number of hydrogen-bond donors (Lipinski definition) is 3. The summed E-state index contributed by atoms with van der Waals surface area (Å²) in [5, 5.41) is 21.2. The second-order valence-electron chi connectivity index (χ2n) is 9.29. The minimum atomic E-state index is -1.41. The molecule has 1 aliphatic carbocycles. The molecule has 1 aliphatic rings. The van der Waals surface area contributed by atoms with Gasteiger partial charge in [0.1, 0.15) is 0 Å². The molecular weight excluding hydrogens is 466 g/mol. The van der Waals surface area contributed by atoms with Crippen LogP contribution in [0, 0.1) is 5.92 Å². The third-order valence-electron chi connectivity index (χ3n) is 6.43. The van der Waals surface area contributed by atoms with Crippen molar-refractivity contribution in [1.29, 1.82) is 0 Å². The highest BCUT2D eigenvalue weighted by Gasteiger charge is 2.30. The van der Waals surface area contributed by atoms with Gasteiger partial charge in [0.25, 0.3) is 11.8 Å². The zero-order chi connectivity index (χ0) is 25.6. The lowest BCUT2D eigenvalue weighted by Crippen LogP contribution is -2.52. The zero-order valence-corrected chi connectivity index (χ0v) is 20.3. The Morgan fingerprint density at radius 3 is 2.43 bits per heavy atom. The Labute approximate surface area is 215 Å². The fraction of sp³-hybridized carbons (Fsp3) is 0.241. The van der Waals surface area contributed by atoms with Gasteiger partial charge >= 0.3 is 0 Å². The monoisotopic (exact) mass is 495 g/mol. The summed E-state index contributed by atoms with van der Waals surface area (Å²) in [4.78, 5) is 30.6. The number of carbonyl (C=O) groups excluding carboxylic acids is 2. The zero-order valence-electron chi connectivity index (χ0n) is 20.3. The molecule has 0 spiro atoms. The minimum absolute atomic E-state index is 0.286. The van der Waals surface area contributed by atoms with Crippen LogP contribution in [0.3, 0.4) is 0 Å². The maximum atomic E-state index is 13.5. The van der Waals surface area contributed by atoms with E-state index in [1.54, 1.807) is 29.2 Å². The summed E-state index contributed by atoms with van der Waals surface area (Å²) < 4.78 is 1.56. The topological polar surface area (TPSA) is 109 Å². The van der Waals surface area contributed by atoms with Gasteiger partial charge in [0.05, 0.1) is 17.3 Å². The molecule has 2 unspecified atom stereocenters. The quantitative estimate of drug-likeness (QED) is 0.313. The lowest BCUT2D eigenvalue weighted by Gasteiger charge is -2.24. The number of hydrogen-bond acceptors (Lipinski definition) is 5. The van der Waals surface area contributed by atoms with Gasteiger partial charge in [-0.2, -0.15) is 5.10 Å². The standard InChI is InChI=1S/C29H29N5O3/c35-26(29(37)31-19-21-13-14-21)25(18-20-8-3-1-4-9-20)32-28(36)23-12-7-16-30-27(23)34-17-15-24(33-34)22-10-5-2-6-11-22/h1-12,15-17,21,25-26,35H,13-14,18-19H2,(H,31,37)(H,32,36). The normalized spacial score (nSPS) is 14.5. The molecule has 2 aromatic heterocycles. The van der Waals surface area contributed by atoms with Gasteiger partial charge in [0, 0.05) is 24.5 Å². The Balaban J connectivity index is 1.37. The summed E-state index contributed by atoms with van der Waals surface area (Å²) >= 11 is 0. The molecule has 4 aromatic rings. The average molecular weight is 496 g/mol. The van der Waals surface area contributed by atoms with Crippen molar-refractivity contribution < 1.29 is 14.7 Å². The first-order valence-corrected chi connectivity index (χ1v) is 12.5. The first-order valence-electron chi connectivity index (χ1n) is 12.5. The Hall–Kier alpha value is -4.30. The van der Waals surface area contributed by atoms with Crippen molar-refractivity contribution in [3.8, 4) is 17.1 Å². The fourth-order valence-electron chi connectivity index (χ4n) is 4.17. The van der Waals surface area contributed by atoms with Gasteiger partial charge in [0.15, 0.2) is 11.9 Å². The van der Waals surface area contributed by atoms with E-state index in [1.807, 2.05) is 66.7 Å². The molecule has 0 bridgehead atoms. The average Bonchev–Trinajstić information content (AvgIpc) is 3.65. The lowest BCUT2D eigenvalue weighted by atomic mass is 10.00. The van der Waals surface area contributed by atoms with Crippen LogP contribution in [0.2, 0.25) is 0 Å². The highest BCUT2D eigenvalue weighted by Crippen LogP contribution is 2.27. The molecule has 2 aromatic carbocycles. The molecule has 2 atom stereocenters. The third-order valence-corrected chi connectivity index (χ3v) is 6.43. The first-order chi connectivity index (χ1) is 18.1. The van der Waals surface area contributed by atoms with Gasteiger partial charge in [-0.05, 0) is 48.9 Å². The van der Waals surface area contributed by atoms with Crippen molar-refractivity contribution in [1.82, 2.24) is 25.4 Å². The van der Waals surface area contributed by atoms with Crippen molar-refractivity contribution in [2.45, 2.75) is 31.4 Å². The van der Waals surface area contributed by atoms with Crippen LogP contribution in [0.15, 0.2) is 91.3 Å². The molecule has 3 N–H and O–H groups in total. The van der Waals surface area contributed by atoms with Crippen LogP contribution in [0.5, 0.6) is 0 Å². The van der Waals surface area contributed by atoms with Crippen LogP contribution in [-0.2, 0) is 11.2 Å². The van der Waals surface area contributed by atoms with Crippen LogP contribution in [-0.4, -0.2) is 50.4 Å². The molecule has 0 radical (unpaired) electrons. The summed E-state index contributed by atoms with van der Waals surface area (Å²) in [7, 11) is 0. The number of nitrogens with one attached hydrogen (secondary N) is 2. The summed E-state index contributed by atoms with van der Waals surface area (Å²) in [5.74, 6) is -0.103. The highest BCUT2D eigenvalue weighted by molar-refractivity contribution is 5.97. The Bertz CT molecular complexity index is 1350. The van der Waals surface area contributed by atoms with E-state index >= 15 is 0 Å². The van der Waals surface area contributed by atoms with Crippen molar-refractivity contribution in [2.24, 2.45) is 5.92 Å². The Morgan fingerprint density at radius 1 is 0.973 bits per heavy atom. The number of carbonyl (C=O) groups is 2. The molecule has 0 saturated heterocycles. The van der Waals surface area contributed by atoms with Gasteiger partial charge in [-0.25, -0.2) is 9.67 Å². The third kappa shape index (κ3) is 6.10. The number of amides is 2. The minimum Gasteiger partial charge on any atom is -0.381 e. The Kier molecular flexibility index (Phi) is 7.37. The van der Waals surface area contributed by atoms with E-state index in [2.05, 4.69) is 20.7 Å². The molecule has 188 valence electrons. The molecule has 2 amide bonds. The molecule has 2 heterocycles. The molecule has 5 rings (SSSR count). The summed E-state index contributed by atoms with van der Waals surface area (Å²) in [6.45, 7) is 0.539. The van der Waals surface area contributed by atoms with E-state index in [0.717, 1.165) is 29.7 Å². The van der Waals surface area contributed by atoms with E-state index in [9.17, 15) is 14.7 Å². The largest absolute Gasteiger partial charge is 0.381 e. The van der Waals surface area contributed by atoms with Gasteiger partial charge < -0.3 is 15.7 Å².